The van der Waals surface area contributed by atoms with Gasteiger partial charge in [-0.05, 0) is 42.1 Å². The summed E-state index contributed by atoms with van der Waals surface area (Å²) in [4.78, 5) is 9.68. The van der Waals surface area contributed by atoms with Gasteiger partial charge in [0.2, 0.25) is 5.28 Å². The molecule has 0 aliphatic carbocycles. The number of benzene rings is 1. The van der Waals surface area contributed by atoms with Crippen LogP contribution in [-0.4, -0.2) is 16.5 Å². The van der Waals surface area contributed by atoms with Crippen molar-refractivity contribution in [3.05, 3.63) is 51.6 Å². The van der Waals surface area contributed by atoms with Crippen molar-refractivity contribution in [1.29, 1.82) is 0 Å². The van der Waals surface area contributed by atoms with Crippen LogP contribution in [0, 0.1) is 5.82 Å². The van der Waals surface area contributed by atoms with E-state index in [2.05, 4.69) is 25.9 Å². The standard InChI is InChI=1S/C14H12BrClFN3/c15-10-5-3-9(4-6-10)12-2-1-7-20(12)13-11(17)8-18-14(16)19-13/h3-6,8,12H,1-2,7H2. The molecule has 1 aromatic heterocycles. The Morgan fingerprint density at radius 3 is 2.80 bits per heavy atom. The summed E-state index contributed by atoms with van der Waals surface area (Å²) in [6, 6.07) is 8.22. The van der Waals surface area contributed by atoms with E-state index in [1.807, 2.05) is 29.2 Å². The molecule has 1 atom stereocenters. The summed E-state index contributed by atoms with van der Waals surface area (Å²) in [5, 5.41) is 0.0721. The molecule has 20 heavy (non-hydrogen) atoms. The maximum absolute atomic E-state index is 13.9. The van der Waals surface area contributed by atoms with Crippen molar-refractivity contribution < 1.29 is 4.39 Å². The van der Waals surface area contributed by atoms with Crippen molar-refractivity contribution in [2.75, 3.05) is 11.4 Å². The van der Waals surface area contributed by atoms with E-state index in [0.29, 0.717) is 0 Å². The van der Waals surface area contributed by atoms with Gasteiger partial charge in [0.25, 0.3) is 0 Å². The predicted octanol–water partition coefficient (Wildman–Crippen LogP) is 4.37. The van der Waals surface area contributed by atoms with Gasteiger partial charge >= 0.3 is 0 Å². The first-order chi connectivity index (χ1) is 9.65. The molecule has 2 heterocycles. The van der Waals surface area contributed by atoms with Crippen molar-refractivity contribution >= 4 is 33.3 Å². The lowest BCUT2D eigenvalue weighted by atomic mass is 10.0. The molecule has 0 amide bonds. The molecular formula is C14H12BrClFN3. The Morgan fingerprint density at radius 1 is 1.30 bits per heavy atom. The number of nitrogens with zero attached hydrogens (tertiary/aromatic N) is 3. The largest absolute Gasteiger partial charge is 0.347 e. The summed E-state index contributed by atoms with van der Waals surface area (Å²) < 4.78 is 15.0. The molecule has 3 rings (SSSR count). The summed E-state index contributed by atoms with van der Waals surface area (Å²) in [6.07, 6.45) is 3.10. The van der Waals surface area contributed by atoms with Crippen LogP contribution >= 0.6 is 27.5 Å². The monoisotopic (exact) mass is 355 g/mol. The number of anilines is 1. The third-order valence-corrected chi connectivity index (χ3v) is 4.19. The fourth-order valence-electron chi connectivity index (χ4n) is 2.59. The van der Waals surface area contributed by atoms with Crippen LogP contribution in [-0.2, 0) is 0 Å². The lowest BCUT2D eigenvalue weighted by molar-refractivity contribution is 0.595. The van der Waals surface area contributed by atoms with E-state index in [0.717, 1.165) is 35.6 Å². The first-order valence-electron chi connectivity index (χ1n) is 6.35. The average molecular weight is 357 g/mol. The second kappa shape index (κ2) is 5.66. The molecule has 1 aromatic carbocycles. The van der Waals surface area contributed by atoms with Gasteiger partial charge in [-0.15, -0.1) is 0 Å². The van der Waals surface area contributed by atoms with Gasteiger partial charge in [0, 0.05) is 11.0 Å². The molecule has 1 aliphatic rings. The summed E-state index contributed by atoms with van der Waals surface area (Å²) in [7, 11) is 0. The molecule has 104 valence electrons. The molecule has 6 heteroatoms. The Morgan fingerprint density at radius 2 is 2.05 bits per heavy atom. The molecule has 1 saturated heterocycles. The Bertz CT molecular complexity index is 620. The number of halogens is 3. The molecule has 1 fully saturated rings. The van der Waals surface area contributed by atoms with E-state index >= 15 is 0 Å². The predicted molar refractivity (Wildman–Crippen MR) is 80.5 cm³/mol. The molecular weight excluding hydrogens is 345 g/mol. The highest BCUT2D eigenvalue weighted by molar-refractivity contribution is 9.10. The van der Waals surface area contributed by atoms with Gasteiger partial charge in [-0.25, -0.2) is 9.37 Å². The molecule has 2 aromatic rings. The zero-order valence-electron chi connectivity index (χ0n) is 10.6. The van der Waals surface area contributed by atoms with Crippen molar-refractivity contribution in [2.45, 2.75) is 18.9 Å². The Hall–Kier alpha value is -1.20. The normalized spacial score (nSPS) is 18.6. The minimum atomic E-state index is -0.432. The fraction of sp³-hybridized carbons (Fsp3) is 0.286. The van der Waals surface area contributed by atoms with Gasteiger partial charge in [-0.1, -0.05) is 28.1 Å². The molecule has 0 spiro atoms. The third kappa shape index (κ3) is 2.65. The minimum Gasteiger partial charge on any atom is -0.347 e. The second-order valence-electron chi connectivity index (χ2n) is 4.71. The first kappa shape index (κ1) is 13.8. The molecule has 0 radical (unpaired) electrons. The van der Waals surface area contributed by atoms with Crippen LogP contribution in [0.5, 0.6) is 0 Å². The number of hydrogen-bond acceptors (Lipinski definition) is 3. The van der Waals surface area contributed by atoms with Gasteiger partial charge in [-0.2, -0.15) is 4.98 Å². The van der Waals surface area contributed by atoms with Crippen molar-refractivity contribution in [2.24, 2.45) is 0 Å². The fourth-order valence-corrected chi connectivity index (χ4v) is 2.98. The quantitative estimate of drug-likeness (QED) is 0.748. The van der Waals surface area contributed by atoms with Gasteiger partial charge in [0.05, 0.1) is 12.2 Å². The van der Waals surface area contributed by atoms with Crippen LogP contribution in [0.25, 0.3) is 0 Å². The van der Waals surface area contributed by atoms with E-state index < -0.39 is 5.82 Å². The van der Waals surface area contributed by atoms with Crippen LogP contribution in [0.2, 0.25) is 5.28 Å². The van der Waals surface area contributed by atoms with Crippen molar-refractivity contribution in [3.8, 4) is 0 Å². The smallest absolute Gasteiger partial charge is 0.224 e. The van der Waals surface area contributed by atoms with E-state index in [4.69, 9.17) is 11.6 Å². The second-order valence-corrected chi connectivity index (χ2v) is 5.97. The number of hydrogen-bond donors (Lipinski definition) is 0. The van der Waals surface area contributed by atoms with Gasteiger partial charge in [-0.3, -0.25) is 0 Å². The zero-order chi connectivity index (χ0) is 14.1. The van der Waals surface area contributed by atoms with E-state index in [1.54, 1.807) is 0 Å². The van der Waals surface area contributed by atoms with Crippen molar-refractivity contribution in [3.63, 3.8) is 0 Å². The van der Waals surface area contributed by atoms with Gasteiger partial charge in [0.1, 0.15) is 0 Å². The summed E-state index contributed by atoms with van der Waals surface area (Å²) in [5.74, 6) is -0.145. The highest BCUT2D eigenvalue weighted by Crippen LogP contribution is 2.36. The minimum absolute atomic E-state index is 0.0721. The molecule has 0 bridgehead atoms. The lowest BCUT2D eigenvalue weighted by Crippen LogP contribution is -2.24. The molecule has 1 unspecified atom stereocenters. The van der Waals surface area contributed by atoms with Crippen LogP contribution in [0.3, 0.4) is 0 Å². The molecule has 3 nitrogen and oxygen atoms in total. The Labute approximate surface area is 129 Å². The van der Waals surface area contributed by atoms with E-state index in [9.17, 15) is 4.39 Å². The van der Waals surface area contributed by atoms with E-state index in [1.165, 1.54) is 0 Å². The first-order valence-corrected chi connectivity index (χ1v) is 7.52. The molecule has 0 saturated carbocycles. The lowest BCUT2D eigenvalue weighted by Gasteiger charge is -2.26. The average Bonchev–Trinajstić information content (AvgIpc) is 2.91. The molecule has 1 aliphatic heterocycles. The highest BCUT2D eigenvalue weighted by atomic mass is 79.9. The Balaban J connectivity index is 1.96. The zero-order valence-corrected chi connectivity index (χ0v) is 12.9. The van der Waals surface area contributed by atoms with Crippen LogP contribution in [0.4, 0.5) is 10.2 Å². The van der Waals surface area contributed by atoms with Crippen LogP contribution < -0.4 is 4.90 Å². The Kier molecular flexibility index (Phi) is 3.89. The maximum atomic E-state index is 13.9. The highest BCUT2D eigenvalue weighted by Gasteiger charge is 2.29. The number of aromatic nitrogens is 2. The van der Waals surface area contributed by atoms with E-state index in [-0.39, 0.29) is 17.1 Å². The molecule has 0 N–H and O–H groups in total. The van der Waals surface area contributed by atoms with Crippen molar-refractivity contribution in [1.82, 2.24) is 9.97 Å². The number of rotatable bonds is 2. The maximum Gasteiger partial charge on any atom is 0.224 e. The summed E-state index contributed by atoms with van der Waals surface area (Å²) in [6.45, 7) is 0.769. The summed E-state index contributed by atoms with van der Waals surface area (Å²) in [5.41, 5.74) is 1.15. The third-order valence-electron chi connectivity index (χ3n) is 3.48. The van der Waals surface area contributed by atoms with Gasteiger partial charge < -0.3 is 4.90 Å². The SMILES string of the molecule is Fc1cnc(Cl)nc1N1CCCC1c1ccc(Br)cc1. The van der Waals surface area contributed by atoms with Crippen LogP contribution in [0.1, 0.15) is 24.4 Å². The summed E-state index contributed by atoms with van der Waals surface area (Å²) >= 11 is 9.21. The topological polar surface area (TPSA) is 29.0 Å². The van der Waals surface area contributed by atoms with Gasteiger partial charge in [0.15, 0.2) is 11.6 Å². The van der Waals surface area contributed by atoms with Crippen LogP contribution in [0.15, 0.2) is 34.9 Å².